The summed E-state index contributed by atoms with van der Waals surface area (Å²) in [6, 6.07) is 7.57. The number of rotatable bonds is 15. The van der Waals surface area contributed by atoms with Gasteiger partial charge in [0.25, 0.3) is 0 Å². The molecule has 0 heterocycles. The third-order valence-corrected chi connectivity index (χ3v) is 10.5. The van der Waals surface area contributed by atoms with Crippen LogP contribution in [0.3, 0.4) is 0 Å². The van der Waals surface area contributed by atoms with Gasteiger partial charge in [-0.25, -0.2) is 0 Å². The molecule has 0 radical (unpaired) electrons. The lowest BCUT2D eigenvalue weighted by Gasteiger charge is -2.27. The maximum Gasteiger partial charge on any atom is 0.307 e. The Bertz CT molecular complexity index is 1330. The van der Waals surface area contributed by atoms with Crippen LogP contribution in [0, 0.1) is 34.5 Å². The molecule has 4 atom stereocenters. The van der Waals surface area contributed by atoms with Crippen molar-refractivity contribution in [1.82, 2.24) is 16.0 Å². The molecule has 6 N–H and O–H groups in total. The second kappa shape index (κ2) is 20.0. The van der Waals surface area contributed by atoms with E-state index in [0.29, 0.717) is 51.7 Å². The lowest BCUT2D eigenvalue weighted by Crippen LogP contribution is -2.44. The minimum Gasteiger partial charge on any atom is -0.481 e. The van der Waals surface area contributed by atoms with Gasteiger partial charge in [-0.2, -0.15) is 0 Å². The van der Waals surface area contributed by atoms with Crippen LogP contribution in [0.25, 0.3) is 0 Å². The molecule has 0 saturated heterocycles. The largest absolute Gasteiger partial charge is 0.481 e. The van der Waals surface area contributed by atoms with Crippen molar-refractivity contribution in [2.75, 3.05) is 25.0 Å². The predicted octanol–water partition coefficient (Wildman–Crippen LogP) is 5.16. The number of aliphatic carboxylic acids is 2. The van der Waals surface area contributed by atoms with Crippen molar-refractivity contribution in [3.8, 4) is 0 Å². The van der Waals surface area contributed by atoms with E-state index in [4.69, 9.17) is 0 Å². The maximum absolute atomic E-state index is 12.5. The van der Waals surface area contributed by atoms with Crippen molar-refractivity contribution in [3.05, 3.63) is 29.8 Å². The fraction of sp³-hybridized carbons (Fsp3) is 0.684. The van der Waals surface area contributed by atoms with Crippen LogP contribution in [0.5, 0.6) is 0 Å². The highest BCUT2D eigenvalue weighted by atomic mass is 16.4. The van der Waals surface area contributed by atoms with Crippen LogP contribution in [0.15, 0.2) is 24.3 Å². The normalized spacial score (nSPS) is 20.7. The van der Waals surface area contributed by atoms with Gasteiger partial charge in [0.05, 0.1) is 23.7 Å². The molecule has 12 nitrogen and oxygen atoms in total. The van der Waals surface area contributed by atoms with Gasteiger partial charge in [0.15, 0.2) is 0 Å². The third-order valence-electron chi connectivity index (χ3n) is 10.5. The minimum atomic E-state index is -0.891. The molecule has 4 amide bonds. The highest BCUT2D eigenvalue weighted by Crippen LogP contribution is 2.31. The Morgan fingerprint density at radius 2 is 1.04 bits per heavy atom. The van der Waals surface area contributed by atoms with Crippen molar-refractivity contribution in [3.63, 3.8) is 0 Å². The number of carbonyl (C=O) groups is 6. The van der Waals surface area contributed by atoms with Crippen molar-refractivity contribution >= 4 is 41.3 Å². The molecule has 2 aliphatic rings. The second-order valence-corrected chi connectivity index (χ2v) is 14.8. The van der Waals surface area contributed by atoms with E-state index in [1.165, 1.54) is 0 Å². The monoisotopic (exact) mass is 700 g/mol. The number of carbonyl (C=O) groups excluding carboxylic acids is 4. The molecular weight excluding hydrogens is 640 g/mol. The number of hydrogen-bond acceptors (Lipinski definition) is 6. The van der Waals surface area contributed by atoms with E-state index in [2.05, 4.69) is 21.3 Å². The Kier molecular flexibility index (Phi) is 16.9. The molecule has 0 spiro atoms. The summed E-state index contributed by atoms with van der Waals surface area (Å²) in [4.78, 5) is 71.6. The molecule has 2 saturated carbocycles. The highest BCUT2D eigenvalue weighted by Gasteiger charge is 2.36. The summed E-state index contributed by atoms with van der Waals surface area (Å²) in [7, 11) is 0. The molecular formula is C38H60N4O8. The van der Waals surface area contributed by atoms with Crippen LogP contribution >= 0.6 is 0 Å². The van der Waals surface area contributed by atoms with E-state index in [9.17, 15) is 39.0 Å². The Morgan fingerprint density at radius 1 is 0.620 bits per heavy atom. The van der Waals surface area contributed by atoms with Gasteiger partial charge >= 0.3 is 11.9 Å². The lowest BCUT2D eigenvalue weighted by atomic mass is 9.78. The van der Waals surface area contributed by atoms with Gasteiger partial charge in [0, 0.05) is 36.2 Å². The fourth-order valence-electron chi connectivity index (χ4n) is 6.14. The van der Waals surface area contributed by atoms with Gasteiger partial charge < -0.3 is 31.5 Å². The zero-order valence-corrected chi connectivity index (χ0v) is 30.9. The fourth-order valence-corrected chi connectivity index (χ4v) is 6.14. The molecule has 50 heavy (non-hydrogen) atoms. The predicted molar refractivity (Wildman–Crippen MR) is 192 cm³/mol. The quantitative estimate of drug-likeness (QED) is 0.135. The molecule has 0 aromatic heterocycles. The van der Waals surface area contributed by atoms with E-state index in [0.717, 1.165) is 49.8 Å². The summed E-state index contributed by atoms with van der Waals surface area (Å²) in [6.07, 6.45) is 7.94. The molecule has 3 rings (SSSR count). The number of carboxylic acids is 2. The summed E-state index contributed by atoms with van der Waals surface area (Å²) in [5, 5.41) is 30.0. The van der Waals surface area contributed by atoms with E-state index >= 15 is 0 Å². The van der Waals surface area contributed by atoms with E-state index in [-0.39, 0.29) is 23.6 Å². The van der Waals surface area contributed by atoms with Crippen molar-refractivity contribution < 1.29 is 39.0 Å². The topological polar surface area (TPSA) is 191 Å². The zero-order valence-electron chi connectivity index (χ0n) is 30.9. The molecule has 1 aromatic carbocycles. The van der Waals surface area contributed by atoms with Gasteiger partial charge in [-0.15, -0.1) is 0 Å². The molecule has 12 heteroatoms. The lowest BCUT2D eigenvalue weighted by molar-refractivity contribution is -0.149. The van der Waals surface area contributed by atoms with Crippen LogP contribution < -0.4 is 21.3 Å². The maximum atomic E-state index is 12.5. The van der Waals surface area contributed by atoms with Crippen LogP contribution in [0.4, 0.5) is 5.69 Å². The Balaban J connectivity index is 0.000000358. The first-order valence-corrected chi connectivity index (χ1v) is 18.2. The second-order valence-electron chi connectivity index (χ2n) is 14.8. The smallest absolute Gasteiger partial charge is 0.307 e. The SMILES string of the molecule is CCC(C)(C)C(=O)NCCNC(=O)C1CCCCC1C(=O)O.CCC(C)(C)C(=O)Nc1ccccc1CCNC(=O)C1CCCCC1C(=O)O. The van der Waals surface area contributed by atoms with Gasteiger partial charge in [-0.1, -0.05) is 85.4 Å². The average molecular weight is 701 g/mol. The third kappa shape index (κ3) is 12.7. The van der Waals surface area contributed by atoms with Gasteiger partial charge in [-0.3, -0.25) is 28.8 Å². The molecule has 2 fully saturated rings. The van der Waals surface area contributed by atoms with Crippen LogP contribution in [0.2, 0.25) is 0 Å². The molecule has 1 aromatic rings. The summed E-state index contributed by atoms with van der Waals surface area (Å²) in [5.74, 6) is -4.30. The summed E-state index contributed by atoms with van der Waals surface area (Å²) in [5.41, 5.74) is 0.835. The summed E-state index contributed by atoms with van der Waals surface area (Å²) < 4.78 is 0. The average Bonchev–Trinajstić information content (AvgIpc) is 3.10. The standard InChI is InChI=1S/C22H32N2O4.C16H28N2O4/c1-4-22(2,3)21(28)24-18-12-8-5-9-15(18)13-14-23-19(25)16-10-6-7-11-17(16)20(26)27;1-4-16(2,3)15(22)18-10-9-17-13(19)11-7-5-6-8-12(11)14(20)21/h5,8-9,12,16-17H,4,6-7,10-11,13-14H2,1-3H3,(H,23,25)(H,24,28)(H,26,27);11-12H,4-10H2,1-3H3,(H,17,19)(H,18,22)(H,20,21). The number of carboxylic acid groups (broad SMARTS) is 2. The van der Waals surface area contributed by atoms with Crippen molar-refractivity contribution in [2.24, 2.45) is 34.5 Å². The van der Waals surface area contributed by atoms with E-state index in [1.54, 1.807) is 0 Å². The van der Waals surface area contributed by atoms with Crippen LogP contribution in [0.1, 0.15) is 111 Å². The number of hydrogen-bond donors (Lipinski definition) is 6. The molecule has 0 bridgehead atoms. The van der Waals surface area contributed by atoms with E-state index < -0.39 is 46.4 Å². The van der Waals surface area contributed by atoms with Gasteiger partial charge in [0.2, 0.25) is 23.6 Å². The highest BCUT2D eigenvalue weighted by molar-refractivity contribution is 5.95. The van der Waals surface area contributed by atoms with Crippen molar-refractivity contribution in [1.29, 1.82) is 0 Å². The number of amides is 4. The number of anilines is 1. The zero-order chi connectivity index (χ0) is 37.5. The first-order valence-electron chi connectivity index (χ1n) is 18.2. The Hall–Kier alpha value is -3.96. The molecule has 2 aliphatic carbocycles. The Labute approximate surface area is 297 Å². The van der Waals surface area contributed by atoms with Crippen LogP contribution in [-0.4, -0.2) is 65.4 Å². The minimum absolute atomic E-state index is 0.0296. The molecule has 0 aliphatic heterocycles. The summed E-state index contributed by atoms with van der Waals surface area (Å²) in [6.45, 7) is 12.6. The van der Waals surface area contributed by atoms with Gasteiger partial charge in [-0.05, 0) is 56.6 Å². The molecule has 4 unspecified atom stereocenters. The van der Waals surface area contributed by atoms with E-state index in [1.807, 2.05) is 65.8 Å². The number of nitrogens with one attached hydrogen (secondary N) is 4. The Morgan fingerprint density at radius 3 is 1.52 bits per heavy atom. The first-order chi connectivity index (χ1) is 23.5. The number of benzene rings is 1. The summed E-state index contributed by atoms with van der Waals surface area (Å²) >= 11 is 0. The van der Waals surface area contributed by atoms with Crippen molar-refractivity contribution in [2.45, 2.75) is 112 Å². The first kappa shape index (κ1) is 42.2. The van der Waals surface area contributed by atoms with Crippen LogP contribution in [-0.2, 0) is 35.2 Å². The van der Waals surface area contributed by atoms with Gasteiger partial charge in [0.1, 0.15) is 0 Å². The molecule has 280 valence electrons. The number of para-hydroxylation sites is 1.